The molecule has 1 N–H and O–H groups in total. The lowest BCUT2D eigenvalue weighted by Crippen LogP contribution is -2.51. The van der Waals surface area contributed by atoms with Gasteiger partial charge in [0.2, 0.25) is 5.91 Å². The highest BCUT2D eigenvalue weighted by atomic mass is 16.2. The molecule has 0 bridgehead atoms. The lowest BCUT2D eigenvalue weighted by Gasteiger charge is -2.34. The molecule has 0 radical (unpaired) electrons. The van der Waals surface area contributed by atoms with E-state index in [1.54, 1.807) is 4.90 Å². The summed E-state index contributed by atoms with van der Waals surface area (Å²) in [6, 6.07) is 7.63. The fourth-order valence-corrected chi connectivity index (χ4v) is 3.31. The van der Waals surface area contributed by atoms with Crippen molar-refractivity contribution in [3.63, 3.8) is 0 Å². The molecule has 2 amide bonds. The Hall–Kier alpha value is -2.37. The molecule has 2 fully saturated rings. The molecule has 6 nitrogen and oxygen atoms in total. The third-order valence-electron chi connectivity index (χ3n) is 4.98. The van der Waals surface area contributed by atoms with Crippen LogP contribution in [0.2, 0.25) is 0 Å². The second-order valence-corrected chi connectivity index (χ2v) is 6.55. The van der Waals surface area contributed by atoms with Crippen molar-refractivity contribution in [2.75, 3.05) is 26.2 Å². The molecule has 2 atom stereocenters. The number of rotatable bonds is 2. The molecule has 2 aliphatic rings. The number of amides is 2. The Morgan fingerprint density at radius 3 is 2.48 bits per heavy atom. The highest BCUT2D eigenvalue weighted by Crippen LogP contribution is 2.39. The molecule has 0 spiro atoms. The SMILES string of the molecule is CC1CC1C(=O)N1CCN(C(=O)c2n[nH]c3ccccc23)CC1. The maximum Gasteiger partial charge on any atom is 0.275 e. The lowest BCUT2D eigenvalue weighted by molar-refractivity contribution is -0.134. The summed E-state index contributed by atoms with van der Waals surface area (Å²) in [5.74, 6) is 0.939. The summed E-state index contributed by atoms with van der Waals surface area (Å²) in [7, 11) is 0. The average molecular weight is 312 g/mol. The smallest absolute Gasteiger partial charge is 0.275 e. The zero-order valence-electron chi connectivity index (χ0n) is 13.2. The number of fused-ring (bicyclic) bond motifs is 1. The van der Waals surface area contributed by atoms with Crippen LogP contribution in [0.15, 0.2) is 24.3 Å². The van der Waals surface area contributed by atoms with Gasteiger partial charge in [0, 0.05) is 37.5 Å². The van der Waals surface area contributed by atoms with Crippen LogP contribution in [0.5, 0.6) is 0 Å². The second kappa shape index (κ2) is 5.37. The van der Waals surface area contributed by atoms with E-state index in [9.17, 15) is 9.59 Å². The Morgan fingerprint density at radius 1 is 1.13 bits per heavy atom. The number of H-pyrrole nitrogens is 1. The third-order valence-corrected chi connectivity index (χ3v) is 4.98. The van der Waals surface area contributed by atoms with Crippen molar-refractivity contribution < 1.29 is 9.59 Å². The Morgan fingerprint density at radius 2 is 1.78 bits per heavy atom. The minimum atomic E-state index is -0.0608. The van der Waals surface area contributed by atoms with Crippen LogP contribution in [0, 0.1) is 11.8 Å². The molecule has 1 saturated heterocycles. The van der Waals surface area contributed by atoms with Gasteiger partial charge in [0.1, 0.15) is 0 Å². The maximum absolute atomic E-state index is 12.7. The van der Waals surface area contributed by atoms with E-state index in [1.165, 1.54) is 0 Å². The van der Waals surface area contributed by atoms with Crippen molar-refractivity contribution in [3.05, 3.63) is 30.0 Å². The second-order valence-electron chi connectivity index (χ2n) is 6.55. The third kappa shape index (κ3) is 2.48. The first-order chi connectivity index (χ1) is 11.1. The Labute approximate surface area is 134 Å². The van der Waals surface area contributed by atoms with Gasteiger partial charge in [-0.05, 0) is 18.4 Å². The highest BCUT2D eigenvalue weighted by Gasteiger charge is 2.42. The predicted molar refractivity (Wildman–Crippen MR) is 85.8 cm³/mol. The van der Waals surface area contributed by atoms with Gasteiger partial charge in [0.25, 0.3) is 5.91 Å². The standard InChI is InChI=1S/C17H20N4O2/c1-11-10-13(11)16(22)20-6-8-21(9-7-20)17(23)15-12-4-2-3-5-14(12)18-19-15/h2-5,11,13H,6-10H2,1H3,(H,18,19). The number of aromatic nitrogens is 2. The minimum absolute atomic E-state index is 0.0608. The molecule has 1 saturated carbocycles. The van der Waals surface area contributed by atoms with Gasteiger partial charge in [-0.3, -0.25) is 14.7 Å². The summed E-state index contributed by atoms with van der Waals surface area (Å²) in [6.45, 7) is 4.51. The van der Waals surface area contributed by atoms with Gasteiger partial charge in [-0.25, -0.2) is 0 Å². The number of aromatic amines is 1. The summed E-state index contributed by atoms with van der Waals surface area (Å²) in [4.78, 5) is 28.6. The molecule has 23 heavy (non-hydrogen) atoms. The van der Waals surface area contributed by atoms with Crippen LogP contribution in [0.25, 0.3) is 10.9 Å². The van der Waals surface area contributed by atoms with Crippen molar-refractivity contribution in [1.82, 2.24) is 20.0 Å². The molecule has 6 heteroatoms. The first kappa shape index (κ1) is 14.2. The Bertz CT molecular complexity index is 761. The monoisotopic (exact) mass is 312 g/mol. The molecule has 2 unspecified atom stereocenters. The number of para-hydroxylation sites is 1. The van der Waals surface area contributed by atoms with Gasteiger partial charge in [-0.2, -0.15) is 5.10 Å². The van der Waals surface area contributed by atoms with Crippen molar-refractivity contribution in [3.8, 4) is 0 Å². The summed E-state index contributed by atoms with van der Waals surface area (Å²) >= 11 is 0. The van der Waals surface area contributed by atoms with Crippen molar-refractivity contribution in [2.45, 2.75) is 13.3 Å². The normalized spacial score (nSPS) is 24.0. The quantitative estimate of drug-likeness (QED) is 0.914. The van der Waals surface area contributed by atoms with Gasteiger partial charge in [-0.1, -0.05) is 25.1 Å². The molecule has 4 rings (SSSR count). The molecule has 2 heterocycles. The zero-order valence-corrected chi connectivity index (χ0v) is 13.2. The molecular weight excluding hydrogens is 292 g/mol. The molecule has 120 valence electrons. The van der Waals surface area contributed by atoms with Gasteiger partial charge >= 0.3 is 0 Å². The van der Waals surface area contributed by atoms with E-state index in [0.29, 0.717) is 37.8 Å². The summed E-state index contributed by atoms with van der Waals surface area (Å²) in [5, 5.41) is 7.93. The maximum atomic E-state index is 12.7. The molecular formula is C17H20N4O2. The fraction of sp³-hybridized carbons (Fsp3) is 0.471. The van der Waals surface area contributed by atoms with E-state index >= 15 is 0 Å². The van der Waals surface area contributed by atoms with E-state index < -0.39 is 0 Å². The van der Waals surface area contributed by atoms with Crippen LogP contribution in [0.4, 0.5) is 0 Å². The predicted octanol–water partition coefficient (Wildman–Crippen LogP) is 1.50. The van der Waals surface area contributed by atoms with Gasteiger partial charge in [-0.15, -0.1) is 0 Å². The lowest BCUT2D eigenvalue weighted by atomic mass is 10.2. The summed E-state index contributed by atoms with van der Waals surface area (Å²) in [5.41, 5.74) is 1.34. The molecule has 1 aromatic heterocycles. The highest BCUT2D eigenvalue weighted by molar-refractivity contribution is 6.04. The van der Waals surface area contributed by atoms with Crippen LogP contribution in [0.3, 0.4) is 0 Å². The number of piperazine rings is 1. The first-order valence-electron chi connectivity index (χ1n) is 8.16. The number of nitrogens with zero attached hydrogens (tertiary/aromatic N) is 3. The van der Waals surface area contributed by atoms with Gasteiger partial charge in [0.05, 0.1) is 5.52 Å². The molecule has 1 aliphatic heterocycles. The number of carbonyl (C=O) groups excluding carboxylic acids is 2. The first-order valence-corrected chi connectivity index (χ1v) is 8.16. The number of nitrogens with one attached hydrogen (secondary N) is 1. The molecule has 2 aromatic rings. The van der Waals surface area contributed by atoms with Gasteiger partial charge < -0.3 is 9.80 Å². The van der Waals surface area contributed by atoms with E-state index in [4.69, 9.17) is 0 Å². The van der Waals surface area contributed by atoms with Crippen LogP contribution in [-0.2, 0) is 4.79 Å². The number of carbonyl (C=O) groups is 2. The minimum Gasteiger partial charge on any atom is -0.339 e. The summed E-state index contributed by atoms with van der Waals surface area (Å²) < 4.78 is 0. The van der Waals surface area contributed by atoms with Crippen molar-refractivity contribution >= 4 is 22.7 Å². The van der Waals surface area contributed by atoms with E-state index in [1.807, 2.05) is 29.2 Å². The Balaban J connectivity index is 1.44. The van der Waals surface area contributed by atoms with E-state index in [-0.39, 0.29) is 17.7 Å². The average Bonchev–Trinajstić information content (AvgIpc) is 3.17. The van der Waals surface area contributed by atoms with Crippen molar-refractivity contribution in [1.29, 1.82) is 0 Å². The topological polar surface area (TPSA) is 69.3 Å². The van der Waals surface area contributed by atoms with E-state index in [2.05, 4.69) is 17.1 Å². The summed E-state index contributed by atoms with van der Waals surface area (Å²) in [6.07, 6.45) is 1.01. The zero-order chi connectivity index (χ0) is 16.0. The van der Waals surface area contributed by atoms with Crippen molar-refractivity contribution in [2.24, 2.45) is 11.8 Å². The van der Waals surface area contributed by atoms with Crippen LogP contribution < -0.4 is 0 Å². The fourth-order valence-electron chi connectivity index (χ4n) is 3.31. The van der Waals surface area contributed by atoms with Crippen LogP contribution in [-0.4, -0.2) is 58.0 Å². The molecule has 1 aliphatic carbocycles. The van der Waals surface area contributed by atoms with E-state index in [0.717, 1.165) is 17.3 Å². The van der Waals surface area contributed by atoms with Crippen LogP contribution >= 0.6 is 0 Å². The number of hydrogen-bond donors (Lipinski definition) is 1. The molecule has 1 aromatic carbocycles. The van der Waals surface area contributed by atoms with Crippen LogP contribution in [0.1, 0.15) is 23.8 Å². The number of benzene rings is 1. The largest absolute Gasteiger partial charge is 0.339 e. The van der Waals surface area contributed by atoms with Gasteiger partial charge in [0.15, 0.2) is 5.69 Å². The number of hydrogen-bond acceptors (Lipinski definition) is 3. The Kier molecular flexibility index (Phi) is 3.32.